The summed E-state index contributed by atoms with van der Waals surface area (Å²) in [6.45, 7) is 1.68. The molecule has 2 aliphatic carbocycles. The van der Waals surface area contributed by atoms with Crippen LogP contribution in [-0.2, 0) is 4.79 Å². The molecule has 1 aliphatic heterocycles. The second-order valence-electron chi connectivity index (χ2n) is 8.86. The third-order valence-corrected chi connectivity index (χ3v) is 7.13. The number of likely N-dealkylation sites (tertiary alicyclic amines) is 1. The lowest BCUT2D eigenvalue weighted by atomic mass is 9.74. The molecule has 29 heavy (non-hydrogen) atoms. The van der Waals surface area contributed by atoms with Gasteiger partial charge in [0.15, 0.2) is 0 Å². The van der Waals surface area contributed by atoms with Crippen LogP contribution >= 0.6 is 0 Å². The van der Waals surface area contributed by atoms with Crippen LogP contribution in [0.2, 0.25) is 0 Å². The van der Waals surface area contributed by atoms with Gasteiger partial charge < -0.3 is 15.2 Å². The molecule has 152 valence electrons. The van der Waals surface area contributed by atoms with Crippen LogP contribution in [0.4, 0.5) is 0 Å². The molecule has 1 atom stereocenters. The number of hydrogen-bond acceptors (Lipinski definition) is 3. The van der Waals surface area contributed by atoms with Crippen molar-refractivity contribution in [1.29, 1.82) is 0 Å². The van der Waals surface area contributed by atoms with Crippen molar-refractivity contribution in [3.8, 4) is 11.4 Å². The molecule has 5 rings (SSSR count). The maximum Gasteiger partial charge on any atom is 0.252 e. The quantitative estimate of drug-likeness (QED) is 0.837. The van der Waals surface area contributed by atoms with Gasteiger partial charge in [-0.05, 0) is 50.0 Å². The smallest absolute Gasteiger partial charge is 0.252 e. The molecule has 6 heteroatoms. The molecule has 1 unspecified atom stereocenters. The minimum absolute atomic E-state index is 0.0280. The van der Waals surface area contributed by atoms with E-state index in [9.17, 15) is 9.59 Å². The molecule has 1 aromatic carbocycles. The van der Waals surface area contributed by atoms with E-state index < -0.39 is 0 Å². The minimum Gasteiger partial charge on any atom is -0.349 e. The standard InChI is InChI=1S/C23H28N4O2/c28-21(18-5-2-1-4-17(18)20-24-12-13-25-20)26-19-6-3-9-23(19)10-14-27(15-11-23)22(29)16-7-8-16/h1-2,4-5,12-13,16,19H,3,6-11,14-15H2,(H,24,25)(H,26,28). The topological polar surface area (TPSA) is 78.1 Å². The van der Waals surface area contributed by atoms with Gasteiger partial charge in [0.05, 0.1) is 5.56 Å². The zero-order valence-corrected chi connectivity index (χ0v) is 16.7. The van der Waals surface area contributed by atoms with Crippen molar-refractivity contribution in [3.63, 3.8) is 0 Å². The summed E-state index contributed by atoms with van der Waals surface area (Å²) < 4.78 is 0. The fourth-order valence-corrected chi connectivity index (χ4v) is 5.26. The van der Waals surface area contributed by atoms with E-state index in [1.807, 2.05) is 24.3 Å². The van der Waals surface area contributed by atoms with Crippen LogP contribution in [-0.4, -0.2) is 45.8 Å². The van der Waals surface area contributed by atoms with Gasteiger partial charge >= 0.3 is 0 Å². The van der Waals surface area contributed by atoms with Crippen LogP contribution in [0.25, 0.3) is 11.4 Å². The van der Waals surface area contributed by atoms with Gasteiger partial charge in [-0.2, -0.15) is 0 Å². The van der Waals surface area contributed by atoms with E-state index in [0.717, 1.165) is 63.6 Å². The van der Waals surface area contributed by atoms with Crippen molar-refractivity contribution in [2.24, 2.45) is 11.3 Å². The summed E-state index contributed by atoms with van der Waals surface area (Å²) in [6.07, 6.45) is 10.9. The fourth-order valence-electron chi connectivity index (χ4n) is 5.26. The monoisotopic (exact) mass is 392 g/mol. The Morgan fingerprint density at radius 1 is 1.10 bits per heavy atom. The fraction of sp³-hybridized carbons (Fsp3) is 0.522. The largest absolute Gasteiger partial charge is 0.349 e. The van der Waals surface area contributed by atoms with Crippen molar-refractivity contribution < 1.29 is 9.59 Å². The number of nitrogens with zero attached hydrogens (tertiary/aromatic N) is 2. The van der Waals surface area contributed by atoms with E-state index in [0.29, 0.717) is 23.2 Å². The van der Waals surface area contributed by atoms with Crippen LogP contribution in [0.15, 0.2) is 36.7 Å². The third kappa shape index (κ3) is 3.45. The maximum absolute atomic E-state index is 13.2. The number of piperidine rings is 1. The zero-order valence-electron chi connectivity index (χ0n) is 16.7. The lowest BCUT2D eigenvalue weighted by molar-refractivity contribution is -0.135. The molecular weight excluding hydrogens is 364 g/mol. The van der Waals surface area contributed by atoms with E-state index in [1.54, 1.807) is 12.4 Å². The Labute approximate surface area is 171 Å². The number of aromatic nitrogens is 2. The molecule has 1 aromatic heterocycles. The van der Waals surface area contributed by atoms with Crippen molar-refractivity contribution in [1.82, 2.24) is 20.2 Å². The highest BCUT2D eigenvalue weighted by atomic mass is 16.2. The predicted molar refractivity (Wildman–Crippen MR) is 110 cm³/mol. The summed E-state index contributed by atoms with van der Waals surface area (Å²) in [5, 5.41) is 3.35. The number of carbonyl (C=O) groups excluding carboxylic acids is 2. The van der Waals surface area contributed by atoms with E-state index in [2.05, 4.69) is 20.2 Å². The summed E-state index contributed by atoms with van der Waals surface area (Å²) in [4.78, 5) is 35.1. The Hall–Kier alpha value is -2.63. The lowest BCUT2D eigenvalue weighted by Crippen LogP contribution is -2.51. The molecule has 2 saturated carbocycles. The van der Waals surface area contributed by atoms with Gasteiger partial charge in [0.2, 0.25) is 5.91 Å². The number of carbonyl (C=O) groups is 2. The Morgan fingerprint density at radius 3 is 2.62 bits per heavy atom. The van der Waals surface area contributed by atoms with E-state index in [1.165, 1.54) is 0 Å². The van der Waals surface area contributed by atoms with Crippen LogP contribution in [0.1, 0.15) is 55.3 Å². The first-order valence-electron chi connectivity index (χ1n) is 10.8. The normalized spacial score (nSPS) is 23.3. The molecule has 1 saturated heterocycles. The summed E-state index contributed by atoms with van der Waals surface area (Å²) in [7, 11) is 0. The van der Waals surface area contributed by atoms with E-state index in [4.69, 9.17) is 0 Å². The van der Waals surface area contributed by atoms with Gasteiger partial charge in [-0.15, -0.1) is 0 Å². The van der Waals surface area contributed by atoms with Gasteiger partial charge in [0.25, 0.3) is 5.91 Å². The predicted octanol–water partition coefficient (Wildman–Crippen LogP) is 3.38. The highest BCUT2D eigenvalue weighted by Gasteiger charge is 2.47. The highest BCUT2D eigenvalue weighted by molar-refractivity contribution is 6.00. The summed E-state index contributed by atoms with van der Waals surface area (Å²) in [5.41, 5.74) is 1.62. The number of benzene rings is 1. The average Bonchev–Trinajstić information content (AvgIpc) is 3.33. The molecule has 3 aliphatic rings. The number of H-pyrrole nitrogens is 1. The number of aromatic amines is 1. The molecule has 0 radical (unpaired) electrons. The molecule has 2 amide bonds. The molecule has 1 spiro atoms. The SMILES string of the molecule is O=C(NC1CCCC12CCN(C(=O)C1CC1)CC2)c1ccccc1-c1ncc[nH]1. The first-order chi connectivity index (χ1) is 14.2. The highest BCUT2D eigenvalue weighted by Crippen LogP contribution is 2.47. The number of rotatable bonds is 4. The van der Waals surface area contributed by atoms with Crippen molar-refractivity contribution in [2.75, 3.05) is 13.1 Å². The first kappa shape index (κ1) is 18.4. The van der Waals surface area contributed by atoms with Crippen LogP contribution in [0.5, 0.6) is 0 Å². The average molecular weight is 393 g/mol. The second kappa shape index (κ2) is 7.32. The van der Waals surface area contributed by atoms with Gasteiger partial charge in [-0.3, -0.25) is 9.59 Å². The molecular formula is C23H28N4O2. The molecule has 2 aromatic rings. The summed E-state index contributed by atoms with van der Waals surface area (Å²) in [6, 6.07) is 7.80. The molecule has 3 fully saturated rings. The van der Waals surface area contributed by atoms with Gasteiger partial charge in [-0.25, -0.2) is 4.98 Å². The van der Waals surface area contributed by atoms with E-state index in [-0.39, 0.29) is 17.4 Å². The van der Waals surface area contributed by atoms with Crippen LogP contribution in [0, 0.1) is 11.3 Å². The minimum atomic E-state index is -0.0280. The van der Waals surface area contributed by atoms with E-state index >= 15 is 0 Å². The summed E-state index contributed by atoms with van der Waals surface area (Å²) in [5.74, 6) is 1.33. The molecule has 2 N–H and O–H groups in total. The zero-order chi connectivity index (χ0) is 19.8. The maximum atomic E-state index is 13.2. The number of imidazole rings is 1. The third-order valence-electron chi connectivity index (χ3n) is 7.13. The molecule has 6 nitrogen and oxygen atoms in total. The van der Waals surface area contributed by atoms with Crippen molar-refractivity contribution >= 4 is 11.8 Å². The first-order valence-corrected chi connectivity index (χ1v) is 10.8. The van der Waals surface area contributed by atoms with Gasteiger partial charge in [0, 0.05) is 43.0 Å². The van der Waals surface area contributed by atoms with Gasteiger partial charge in [0.1, 0.15) is 5.82 Å². The Morgan fingerprint density at radius 2 is 1.90 bits per heavy atom. The number of hydrogen-bond donors (Lipinski definition) is 2. The molecule has 2 heterocycles. The summed E-state index contributed by atoms with van der Waals surface area (Å²) >= 11 is 0. The Kier molecular flexibility index (Phi) is 4.64. The van der Waals surface area contributed by atoms with Crippen LogP contribution < -0.4 is 5.32 Å². The van der Waals surface area contributed by atoms with Gasteiger partial charge in [-0.1, -0.05) is 24.6 Å². The van der Waals surface area contributed by atoms with Crippen LogP contribution in [0.3, 0.4) is 0 Å². The second-order valence-corrected chi connectivity index (χ2v) is 8.86. The number of nitrogens with one attached hydrogen (secondary N) is 2. The Balaban J connectivity index is 1.29. The Bertz CT molecular complexity index is 895. The molecule has 0 bridgehead atoms. The number of amides is 2. The van der Waals surface area contributed by atoms with Crippen molar-refractivity contribution in [2.45, 2.75) is 51.0 Å². The lowest BCUT2D eigenvalue weighted by Gasteiger charge is -2.43. The van der Waals surface area contributed by atoms with Crippen molar-refractivity contribution in [3.05, 3.63) is 42.2 Å².